The number of aliphatic hydroxyl groups is 1. The zero-order valence-corrected chi connectivity index (χ0v) is 8.24. The number of benzene rings is 1. The molecule has 2 heteroatoms. The van der Waals surface area contributed by atoms with Gasteiger partial charge < -0.3 is 10.8 Å². The predicted octanol–water partition coefficient (Wildman–Crippen LogP) is 1.44. The first kappa shape index (κ1) is 9.69. The summed E-state index contributed by atoms with van der Waals surface area (Å²) in [6.45, 7) is 0.0997. The number of nitrogens with two attached hydrogens (primary N) is 1. The van der Waals surface area contributed by atoms with Gasteiger partial charge in [0.2, 0.25) is 0 Å². The van der Waals surface area contributed by atoms with Gasteiger partial charge in [-0.3, -0.25) is 0 Å². The van der Waals surface area contributed by atoms with Gasteiger partial charge >= 0.3 is 0 Å². The van der Waals surface area contributed by atoms with E-state index < -0.39 is 0 Å². The van der Waals surface area contributed by atoms with Crippen LogP contribution in [-0.2, 0) is 0 Å². The molecule has 3 N–H and O–H groups in total. The Hall–Kier alpha value is -0.860. The Balaban J connectivity index is 2.10. The van der Waals surface area contributed by atoms with Gasteiger partial charge in [-0.15, -0.1) is 0 Å². The van der Waals surface area contributed by atoms with Gasteiger partial charge in [0.05, 0.1) is 6.61 Å². The molecular weight excluding hydrogens is 174 g/mol. The average molecular weight is 190 g/mol. The highest BCUT2D eigenvalue weighted by Crippen LogP contribution is 2.38. The molecule has 2 atom stereocenters. The molecule has 0 unspecified atom stereocenters. The van der Waals surface area contributed by atoms with Crippen LogP contribution in [0.25, 0.3) is 0 Å². The molecule has 14 heavy (non-hydrogen) atoms. The highest BCUT2D eigenvalue weighted by Gasteiger charge is 2.35. The molecule has 0 aromatic heterocycles. The molecule has 1 aromatic carbocycles. The fraction of sp³-hybridized carbons (Fsp3) is 0.500. The minimum absolute atomic E-state index is 0.0997. The third-order valence-corrected chi connectivity index (χ3v) is 3.17. The lowest BCUT2D eigenvalue weighted by molar-refractivity contribution is 0.198. The summed E-state index contributed by atoms with van der Waals surface area (Å²) in [5, 5.41) is 9.16. The summed E-state index contributed by atoms with van der Waals surface area (Å²) in [5.41, 5.74) is 7.01. The van der Waals surface area contributed by atoms with Crippen molar-refractivity contribution < 1.29 is 5.11 Å². The number of rotatable bonds is 2. The molecule has 0 heterocycles. The van der Waals surface area contributed by atoms with Crippen LogP contribution in [-0.4, -0.2) is 17.3 Å². The number of hydrogen-bond donors (Lipinski definition) is 2. The van der Waals surface area contributed by atoms with Crippen LogP contribution < -0.4 is 5.73 Å². The molecule has 2 rings (SSSR count). The topological polar surface area (TPSA) is 46.2 Å². The Kier molecular flexibility index (Phi) is 2.57. The predicted molar refractivity (Wildman–Crippen MR) is 55.9 cm³/mol. The lowest BCUT2D eigenvalue weighted by Crippen LogP contribution is -2.40. The molecule has 0 spiro atoms. The molecule has 1 saturated carbocycles. The molecular formula is C12H16NO. The van der Waals surface area contributed by atoms with Crippen LogP contribution in [0.15, 0.2) is 24.3 Å². The minimum Gasteiger partial charge on any atom is -0.394 e. The summed E-state index contributed by atoms with van der Waals surface area (Å²) in [4.78, 5) is 0. The first-order valence-corrected chi connectivity index (χ1v) is 5.09. The fourth-order valence-electron chi connectivity index (χ4n) is 2.26. The van der Waals surface area contributed by atoms with Crippen molar-refractivity contribution in [1.29, 1.82) is 0 Å². The van der Waals surface area contributed by atoms with Gasteiger partial charge in [-0.05, 0) is 36.8 Å². The Bertz CT molecular complexity index is 298. The fourth-order valence-corrected chi connectivity index (χ4v) is 2.26. The maximum absolute atomic E-state index is 9.16. The second-order valence-corrected chi connectivity index (χ2v) is 4.29. The molecule has 1 aromatic rings. The van der Waals surface area contributed by atoms with E-state index in [4.69, 9.17) is 10.8 Å². The second kappa shape index (κ2) is 3.71. The quantitative estimate of drug-likeness (QED) is 0.741. The van der Waals surface area contributed by atoms with Crippen LogP contribution in [0.5, 0.6) is 0 Å². The SMILES string of the molecule is N[C@]1(CO)CC[C@@H](c2cc[c]cc2)C1. The summed E-state index contributed by atoms with van der Waals surface area (Å²) >= 11 is 0. The molecule has 75 valence electrons. The van der Waals surface area contributed by atoms with Crippen molar-refractivity contribution in [1.82, 2.24) is 0 Å². The maximum Gasteiger partial charge on any atom is 0.0611 e. The van der Waals surface area contributed by atoms with E-state index in [9.17, 15) is 0 Å². The smallest absolute Gasteiger partial charge is 0.0611 e. The zero-order valence-electron chi connectivity index (χ0n) is 8.24. The lowest BCUT2D eigenvalue weighted by Gasteiger charge is -2.20. The highest BCUT2D eigenvalue weighted by molar-refractivity contribution is 5.21. The average Bonchev–Trinajstić information content (AvgIpc) is 2.63. The van der Waals surface area contributed by atoms with E-state index in [0.717, 1.165) is 19.3 Å². The van der Waals surface area contributed by atoms with E-state index in [-0.39, 0.29) is 12.1 Å². The van der Waals surface area contributed by atoms with E-state index in [2.05, 4.69) is 18.2 Å². The van der Waals surface area contributed by atoms with Crippen LogP contribution >= 0.6 is 0 Å². The van der Waals surface area contributed by atoms with Gasteiger partial charge in [0.1, 0.15) is 0 Å². The number of aliphatic hydroxyl groups excluding tert-OH is 1. The molecule has 0 aliphatic heterocycles. The second-order valence-electron chi connectivity index (χ2n) is 4.29. The van der Waals surface area contributed by atoms with E-state index in [0.29, 0.717) is 5.92 Å². The van der Waals surface area contributed by atoms with Crippen molar-refractivity contribution in [2.75, 3.05) is 6.61 Å². The summed E-state index contributed by atoms with van der Waals surface area (Å²) in [6.07, 6.45) is 2.90. The lowest BCUT2D eigenvalue weighted by atomic mass is 9.94. The van der Waals surface area contributed by atoms with Crippen LogP contribution in [0.1, 0.15) is 30.7 Å². The van der Waals surface area contributed by atoms with Crippen molar-refractivity contribution in [2.45, 2.75) is 30.7 Å². The standard InChI is InChI=1S/C12H16NO/c13-12(9-14)7-6-11(8-12)10-4-2-1-3-5-10/h2-5,11,14H,6-9,13H2/t11-,12-/m1/s1. The summed E-state index contributed by atoms with van der Waals surface area (Å²) in [5.74, 6) is 0.516. The van der Waals surface area contributed by atoms with Crippen LogP contribution in [0.4, 0.5) is 0 Å². The molecule has 1 fully saturated rings. The molecule has 0 amide bonds. The Morgan fingerprint density at radius 3 is 2.79 bits per heavy atom. The Labute approximate surface area is 84.7 Å². The first-order chi connectivity index (χ1) is 6.73. The zero-order chi connectivity index (χ0) is 10.0. The summed E-state index contributed by atoms with van der Waals surface area (Å²) in [7, 11) is 0. The molecule has 1 aliphatic carbocycles. The minimum atomic E-state index is -0.343. The summed E-state index contributed by atoms with van der Waals surface area (Å²) < 4.78 is 0. The molecule has 0 bridgehead atoms. The van der Waals surface area contributed by atoms with Gasteiger partial charge in [-0.25, -0.2) is 0 Å². The first-order valence-electron chi connectivity index (χ1n) is 5.09. The maximum atomic E-state index is 9.16. The van der Waals surface area contributed by atoms with Crippen molar-refractivity contribution >= 4 is 0 Å². The largest absolute Gasteiger partial charge is 0.394 e. The molecule has 1 aliphatic rings. The van der Waals surface area contributed by atoms with Crippen LogP contribution in [0, 0.1) is 6.07 Å². The molecule has 0 saturated heterocycles. The normalized spacial score (nSPS) is 32.0. The van der Waals surface area contributed by atoms with Crippen molar-refractivity contribution in [2.24, 2.45) is 5.73 Å². The van der Waals surface area contributed by atoms with Gasteiger partial charge in [0, 0.05) is 5.54 Å². The Morgan fingerprint density at radius 2 is 2.21 bits per heavy atom. The molecule has 1 radical (unpaired) electrons. The molecule has 2 nitrogen and oxygen atoms in total. The number of hydrogen-bond acceptors (Lipinski definition) is 2. The van der Waals surface area contributed by atoms with E-state index in [1.807, 2.05) is 12.1 Å². The van der Waals surface area contributed by atoms with Gasteiger partial charge in [-0.1, -0.05) is 24.3 Å². The van der Waals surface area contributed by atoms with Crippen molar-refractivity contribution in [3.05, 3.63) is 35.9 Å². The Morgan fingerprint density at radius 1 is 1.50 bits per heavy atom. The van der Waals surface area contributed by atoms with Gasteiger partial charge in [-0.2, -0.15) is 0 Å². The van der Waals surface area contributed by atoms with Gasteiger partial charge in [0.25, 0.3) is 0 Å². The van der Waals surface area contributed by atoms with E-state index in [1.54, 1.807) is 0 Å². The third-order valence-electron chi connectivity index (χ3n) is 3.17. The van der Waals surface area contributed by atoms with Gasteiger partial charge in [0.15, 0.2) is 0 Å². The third kappa shape index (κ3) is 1.81. The van der Waals surface area contributed by atoms with Crippen LogP contribution in [0.2, 0.25) is 0 Å². The highest BCUT2D eigenvalue weighted by atomic mass is 16.3. The van der Waals surface area contributed by atoms with E-state index >= 15 is 0 Å². The van der Waals surface area contributed by atoms with Crippen molar-refractivity contribution in [3.8, 4) is 0 Å². The van der Waals surface area contributed by atoms with E-state index in [1.165, 1.54) is 5.56 Å². The van der Waals surface area contributed by atoms with Crippen molar-refractivity contribution in [3.63, 3.8) is 0 Å². The van der Waals surface area contributed by atoms with Crippen LogP contribution in [0.3, 0.4) is 0 Å². The monoisotopic (exact) mass is 190 g/mol. The summed E-state index contributed by atoms with van der Waals surface area (Å²) in [6, 6.07) is 11.1.